The lowest BCUT2D eigenvalue weighted by atomic mass is 10.3. The second-order valence-electron chi connectivity index (χ2n) is 4.49. The quantitative estimate of drug-likeness (QED) is 0.471. The van der Waals surface area contributed by atoms with Crippen LogP contribution in [0.5, 0.6) is 0 Å². The molecule has 0 aromatic heterocycles. The molecular formula is C12H27ClO3Si. The summed E-state index contributed by atoms with van der Waals surface area (Å²) in [5.74, 6) is 0. The third-order valence-electron chi connectivity index (χ3n) is 2.75. The van der Waals surface area contributed by atoms with Gasteiger partial charge in [0.1, 0.15) is 0 Å². The van der Waals surface area contributed by atoms with Gasteiger partial charge < -0.3 is 13.3 Å². The molecule has 3 atom stereocenters. The molecule has 0 saturated heterocycles. The van der Waals surface area contributed by atoms with Gasteiger partial charge in [-0.25, -0.2) is 0 Å². The topological polar surface area (TPSA) is 27.7 Å². The Labute approximate surface area is 112 Å². The van der Waals surface area contributed by atoms with Crippen LogP contribution < -0.4 is 0 Å². The lowest BCUT2D eigenvalue weighted by molar-refractivity contribution is 0.00761. The molecule has 5 heteroatoms. The molecule has 0 amide bonds. The predicted octanol–water partition coefficient (Wildman–Crippen LogP) is 4.11. The van der Waals surface area contributed by atoms with Gasteiger partial charge >= 0.3 is 8.11 Å². The highest BCUT2D eigenvalue weighted by Gasteiger charge is 2.44. The van der Waals surface area contributed by atoms with Gasteiger partial charge in [-0.15, -0.1) is 0 Å². The van der Waals surface area contributed by atoms with Gasteiger partial charge in [-0.1, -0.05) is 31.9 Å². The maximum atomic E-state index is 6.43. The molecule has 0 aliphatic heterocycles. The molecular weight excluding hydrogens is 256 g/mol. The van der Waals surface area contributed by atoms with E-state index >= 15 is 0 Å². The van der Waals surface area contributed by atoms with E-state index in [1.807, 2.05) is 20.8 Å². The Morgan fingerprint density at radius 1 is 0.765 bits per heavy atom. The van der Waals surface area contributed by atoms with Crippen molar-refractivity contribution in [2.45, 2.75) is 79.1 Å². The molecule has 0 spiro atoms. The Morgan fingerprint density at radius 3 is 1.18 bits per heavy atom. The van der Waals surface area contributed by atoms with Crippen LogP contribution in [-0.2, 0) is 13.3 Å². The molecule has 0 aromatic rings. The fourth-order valence-corrected chi connectivity index (χ4v) is 4.53. The number of halogens is 1. The zero-order valence-electron chi connectivity index (χ0n) is 12.0. The summed E-state index contributed by atoms with van der Waals surface area (Å²) < 4.78 is 17.4. The molecule has 0 aliphatic rings. The van der Waals surface area contributed by atoms with Gasteiger partial charge in [0.25, 0.3) is 0 Å². The van der Waals surface area contributed by atoms with Crippen molar-refractivity contribution in [3.05, 3.63) is 0 Å². The van der Waals surface area contributed by atoms with E-state index in [1.54, 1.807) is 0 Å². The first kappa shape index (κ1) is 17.4. The summed E-state index contributed by atoms with van der Waals surface area (Å²) in [5.41, 5.74) is 0. The van der Waals surface area contributed by atoms with Gasteiger partial charge in [0.15, 0.2) is 0 Å². The maximum absolute atomic E-state index is 6.43. The minimum atomic E-state index is -3.03. The van der Waals surface area contributed by atoms with Crippen LogP contribution in [0, 0.1) is 0 Å². The molecule has 0 fully saturated rings. The summed E-state index contributed by atoms with van der Waals surface area (Å²) in [5, 5.41) is 0. The molecule has 0 aliphatic carbocycles. The Balaban J connectivity index is 4.55. The number of hydrogen-bond donors (Lipinski definition) is 0. The zero-order valence-corrected chi connectivity index (χ0v) is 13.7. The van der Waals surface area contributed by atoms with E-state index in [1.165, 1.54) is 0 Å². The molecule has 0 saturated carbocycles. The lowest BCUT2D eigenvalue weighted by Gasteiger charge is -2.30. The summed E-state index contributed by atoms with van der Waals surface area (Å²) in [7, 11) is -3.03. The Morgan fingerprint density at radius 2 is 1.00 bits per heavy atom. The fraction of sp³-hybridized carbons (Fsp3) is 1.00. The molecule has 0 radical (unpaired) electrons. The van der Waals surface area contributed by atoms with E-state index in [0.29, 0.717) is 0 Å². The van der Waals surface area contributed by atoms with Crippen molar-refractivity contribution >= 4 is 19.2 Å². The van der Waals surface area contributed by atoms with Gasteiger partial charge in [0.05, 0.1) is 0 Å². The first-order valence-corrected chi connectivity index (χ1v) is 9.32. The SMILES string of the molecule is CCC(C)O[Si](Cl)(OC(C)CC)OC(C)CC. The van der Waals surface area contributed by atoms with E-state index in [2.05, 4.69) is 20.8 Å². The third-order valence-corrected chi connectivity index (χ3v) is 5.60. The number of hydrogen-bond acceptors (Lipinski definition) is 3. The van der Waals surface area contributed by atoms with Gasteiger partial charge in [-0.3, -0.25) is 0 Å². The molecule has 0 N–H and O–H groups in total. The summed E-state index contributed by atoms with van der Waals surface area (Å²) >= 11 is 6.43. The molecule has 3 nitrogen and oxygen atoms in total. The fourth-order valence-electron chi connectivity index (χ4n) is 1.05. The van der Waals surface area contributed by atoms with Gasteiger partial charge in [-0.2, -0.15) is 0 Å². The summed E-state index contributed by atoms with van der Waals surface area (Å²) in [6.07, 6.45) is 2.88. The summed E-state index contributed by atoms with van der Waals surface area (Å²) in [4.78, 5) is 0. The van der Waals surface area contributed by atoms with E-state index < -0.39 is 8.11 Å². The first-order chi connectivity index (χ1) is 7.86. The highest BCUT2D eigenvalue weighted by Crippen LogP contribution is 2.23. The van der Waals surface area contributed by atoms with Crippen molar-refractivity contribution < 1.29 is 13.3 Å². The maximum Gasteiger partial charge on any atom is 0.613 e. The average Bonchev–Trinajstić information content (AvgIpc) is 2.27. The van der Waals surface area contributed by atoms with E-state index in [-0.39, 0.29) is 18.3 Å². The molecule has 0 bridgehead atoms. The van der Waals surface area contributed by atoms with Crippen LogP contribution in [0.2, 0.25) is 0 Å². The molecule has 0 heterocycles. The standard InChI is InChI=1S/C12H27ClO3Si/c1-7-10(4)14-17(13,15-11(5)8-2)16-12(6)9-3/h10-12H,7-9H2,1-6H3. The van der Waals surface area contributed by atoms with Crippen molar-refractivity contribution in [1.29, 1.82) is 0 Å². The van der Waals surface area contributed by atoms with Crippen molar-refractivity contribution in [1.82, 2.24) is 0 Å². The Kier molecular flexibility index (Phi) is 8.68. The van der Waals surface area contributed by atoms with E-state index in [4.69, 9.17) is 24.4 Å². The second kappa shape index (κ2) is 8.48. The Hall–Kier alpha value is 0.387. The molecule has 0 rings (SSSR count). The smallest absolute Gasteiger partial charge is 0.359 e. The molecule has 3 unspecified atom stereocenters. The van der Waals surface area contributed by atoms with E-state index in [0.717, 1.165) is 19.3 Å². The van der Waals surface area contributed by atoms with Crippen LogP contribution in [0.4, 0.5) is 0 Å². The first-order valence-electron chi connectivity index (χ1n) is 6.59. The van der Waals surface area contributed by atoms with Crippen LogP contribution >= 0.6 is 11.1 Å². The van der Waals surface area contributed by atoms with Gasteiger partial charge in [-0.05, 0) is 40.0 Å². The summed E-state index contributed by atoms with van der Waals surface area (Å²) in [6, 6.07) is 0. The van der Waals surface area contributed by atoms with Crippen LogP contribution in [-0.4, -0.2) is 26.4 Å². The molecule has 17 heavy (non-hydrogen) atoms. The minimum Gasteiger partial charge on any atom is -0.359 e. The zero-order chi connectivity index (χ0) is 13.5. The van der Waals surface area contributed by atoms with Crippen LogP contribution in [0.1, 0.15) is 60.8 Å². The highest BCUT2D eigenvalue weighted by molar-refractivity contribution is 7.09. The van der Waals surface area contributed by atoms with Crippen LogP contribution in [0.15, 0.2) is 0 Å². The molecule has 0 aromatic carbocycles. The van der Waals surface area contributed by atoms with Gasteiger partial charge in [0, 0.05) is 18.3 Å². The minimum absolute atomic E-state index is 0.0623. The highest BCUT2D eigenvalue weighted by atomic mass is 35.6. The third kappa shape index (κ3) is 7.42. The van der Waals surface area contributed by atoms with Crippen LogP contribution in [0.25, 0.3) is 0 Å². The Bertz CT molecular complexity index is 173. The monoisotopic (exact) mass is 282 g/mol. The lowest BCUT2D eigenvalue weighted by Crippen LogP contribution is -2.46. The summed E-state index contributed by atoms with van der Waals surface area (Å²) in [6.45, 7) is 12.1. The predicted molar refractivity (Wildman–Crippen MR) is 74.1 cm³/mol. The number of rotatable bonds is 9. The van der Waals surface area contributed by atoms with Crippen molar-refractivity contribution in [2.75, 3.05) is 0 Å². The average molecular weight is 283 g/mol. The largest absolute Gasteiger partial charge is 0.613 e. The van der Waals surface area contributed by atoms with Gasteiger partial charge in [0.2, 0.25) is 0 Å². The van der Waals surface area contributed by atoms with E-state index in [9.17, 15) is 0 Å². The molecule has 104 valence electrons. The van der Waals surface area contributed by atoms with Crippen LogP contribution in [0.3, 0.4) is 0 Å². The van der Waals surface area contributed by atoms with Crippen molar-refractivity contribution in [3.63, 3.8) is 0 Å². The van der Waals surface area contributed by atoms with Crippen molar-refractivity contribution in [3.8, 4) is 0 Å². The second-order valence-corrected chi connectivity index (χ2v) is 7.55. The van der Waals surface area contributed by atoms with Crippen molar-refractivity contribution in [2.24, 2.45) is 0 Å². The normalized spacial score (nSPS) is 20.6.